The molecule has 2 aromatic rings. The van der Waals surface area contributed by atoms with E-state index in [1.807, 2.05) is 18.2 Å². The average molecular weight is 401 g/mol. The lowest BCUT2D eigenvalue weighted by Crippen LogP contribution is -2.48. The number of ketones is 1. The highest BCUT2D eigenvalue weighted by molar-refractivity contribution is 7.89. The van der Waals surface area contributed by atoms with E-state index in [1.54, 1.807) is 16.4 Å². The largest absolute Gasteiger partial charge is 0.302 e. The van der Waals surface area contributed by atoms with Crippen LogP contribution in [0.25, 0.3) is 0 Å². The number of hydrogen-bond acceptors (Lipinski definition) is 4. The molecular formula is C22H28N2O3S. The molecule has 1 saturated heterocycles. The molecule has 1 aliphatic heterocycles. The van der Waals surface area contributed by atoms with Crippen molar-refractivity contribution in [2.24, 2.45) is 0 Å². The summed E-state index contributed by atoms with van der Waals surface area (Å²) in [5.41, 5.74) is 1.82. The lowest BCUT2D eigenvalue weighted by atomic mass is 10.1. The van der Waals surface area contributed by atoms with Crippen molar-refractivity contribution >= 4 is 15.8 Å². The van der Waals surface area contributed by atoms with Crippen LogP contribution in [0.1, 0.15) is 35.7 Å². The Morgan fingerprint density at radius 3 is 2.43 bits per heavy atom. The third kappa shape index (κ3) is 4.87. The van der Waals surface area contributed by atoms with Gasteiger partial charge in [-0.05, 0) is 50.9 Å². The van der Waals surface area contributed by atoms with Crippen molar-refractivity contribution in [3.8, 4) is 0 Å². The third-order valence-corrected chi connectivity index (χ3v) is 7.36. The van der Waals surface area contributed by atoms with E-state index in [-0.39, 0.29) is 16.7 Å². The Morgan fingerprint density at radius 1 is 1.11 bits per heavy atom. The summed E-state index contributed by atoms with van der Waals surface area (Å²) in [5.74, 6) is -0.0676. The maximum absolute atomic E-state index is 13.0. The molecule has 5 nitrogen and oxygen atoms in total. The molecule has 0 radical (unpaired) electrons. The summed E-state index contributed by atoms with van der Waals surface area (Å²) in [6.45, 7) is 3.42. The van der Waals surface area contributed by atoms with Gasteiger partial charge in [0.05, 0.1) is 4.90 Å². The summed E-state index contributed by atoms with van der Waals surface area (Å²) >= 11 is 0. The van der Waals surface area contributed by atoms with E-state index >= 15 is 0 Å². The minimum Gasteiger partial charge on any atom is -0.302 e. The van der Waals surface area contributed by atoms with Gasteiger partial charge in [0.15, 0.2) is 5.78 Å². The van der Waals surface area contributed by atoms with E-state index in [9.17, 15) is 13.2 Å². The van der Waals surface area contributed by atoms with Crippen LogP contribution in [0.5, 0.6) is 0 Å². The molecule has 1 fully saturated rings. The molecule has 0 N–H and O–H groups in total. The molecule has 2 aromatic carbocycles. The van der Waals surface area contributed by atoms with Crippen LogP contribution in [-0.2, 0) is 16.4 Å². The molecule has 3 rings (SSSR count). The summed E-state index contributed by atoms with van der Waals surface area (Å²) < 4.78 is 27.7. The van der Waals surface area contributed by atoms with Crippen LogP contribution in [0.15, 0.2) is 59.5 Å². The number of benzene rings is 2. The molecule has 150 valence electrons. The fraction of sp³-hybridized carbons (Fsp3) is 0.409. The zero-order valence-electron chi connectivity index (χ0n) is 16.5. The van der Waals surface area contributed by atoms with Crippen LogP contribution in [-0.4, -0.2) is 56.1 Å². The van der Waals surface area contributed by atoms with Gasteiger partial charge >= 0.3 is 0 Å². The van der Waals surface area contributed by atoms with Crippen LogP contribution >= 0.6 is 0 Å². The first-order valence-electron chi connectivity index (χ1n) is 9.73. The molecule has 1 aliphatic rings. The maximum atomic E-state index is 13.0. The van der Waals surface area contributed by atoms with E-state index in [0.29, 0.717) is 18.7 Å². The SMILES string of the molecule is CC(=O)c1ccc(S(=O)(=O)N2CCC[C@H](N(C)CCc3ccccc3)C2)cc1. The highest BCUT2D eigenvalue weighted by Gasteiger charge is 2.31. The minimum absolute atomic E-state index is 0.0676. The fourth-order valence-corrected chi connectivity index (χ4v) is 5.16. The first-order valence-corrected chi connectivity index (χ1v) is 11.2. The van der Waals surface area contributed by atoms with Gasteiger partial charge < -0.3 is 4.90 Å². The summed E-state index contributed by atoms with van der Waals surface area (Å²) in [6, 6.07) is 16.8. The summed E-state index contributed by atoms with van der Waals surface area (Å²) in [4.78, 5) is 14.0. The van der Waals surface area contributed by atoms with E-state index in [4.69, 9.17) is 0 Å². The van der Waals surface area contributed by atoms with Crippen molar-refractivity contribution in [3.05, 3.63) is 65.7 Å². The Labute approximate surface area is 168 Å². The van der Waals surface area contributed by atoms with Gasteiger partial charge in [0.1, 0.15) is 0 Å². The van der Waals surface area contributed by atoms with Gasteiger partial charge in [0.2, 0.25) is 10.0 Å². The Kier molecular flexibility index (Phi) is 6.65. The minimum atomic E-state index is -3.54. The van der Waals surface area contributed by atoms with Crippen molar-refractivity contribution < 1.29 is 13.2 Å². The lowest BCUT2D eigenvalue weighted by Gasteiger charge is -2.37. The Hall–Kier alpha value is -2.02. The fourth-order valence-electron chi connectivity index (χ4n) is 3.64. The van der Waals surface area contributed by atoms with Gasteiger partial charge in [0, 0.05) is 31.2 Å². The molecule has 0 amide bonds. The van der Waals surface area contributed by atoms with Crippen LogP contribution in [0.3, 0.4) is 0 Å². The number of rotatable bonds is 7. The quantitative estimate of drug-likeness (QED) is 0.670. The molecule has 1 heterocycles. The molecule has 0 spiro atoms. The number of Topliss-reactive ketones (excluding diaryl/α,β-unsaturated/α-hetero) is 1. The highest BCUT2D eigenvalue weighted by atomic mass is 32.2. The van der Waals surface area contributed by atoms with E-state index in [2.05, 4.69) is 24.1 Å². The molecule has 6 heteroatoms. The molecule has 0 aromatic heterocycles. The first kappa shape index (κ1) is 20.7. The van der Waals surface area contributed by atoms with Gasteiger partial charge in [-0.25, -0.2) is 8.42 Å². The zero-order valence-corrected chi connectivity index (χ0v) is 17.4. The van der Waals surface area contributed by atoms with Crippen molar-refractivity contribution in [2.45, 2.75) is 37.1 Å². The highest BCUT2D eigenvalue weighted by Crippen LogP contribution is 2.23. The standard InChI is InChI=1S/C22H28N2O3S/c1-18(25)20-10-12-22(13-11-20)28(26,27)24-15-6-9-21(17-24)23(2)16-14-19-7-4-3-5-8-19/h3-5,7-8,10-13,21H,6,9,14-17H2,1-2H3/t21-/m0/s1. The lowest BCUT2D eigenvalue weighted by molar-refractivity contribution is 0.101. The smallest absolute Gasteiger partial charge is 0.243 e. The number of carbonyl (C=O) groups excluding carboxylic acids is 1. The zero-order chi connectivity index (χ0) is 20.1. The monoisotopic (exact) mass is 400 g/mol. The number of nitrogens with zero attached hydrogens (tertiary/aromatic N) is 2. The normalized spacial score (nSPS) is 18.3. The number of sulfonamides is 1. The molecule has 0 bridgehead atoms. The summed E-state index contributed by atoms with van der Waals surface area (Å²) in [5, 5.41) is 0. The van der Waals surface area contributed by atoms with Gasteiger partial charge in [0.25, 0.3) is 0 Å². The van der Waals surface area contributed by atoms with Crippen molar-refractivity contribution in [1.82, 2.24) is 9.21 Å². The van der Waals surface area contributed by atoms with Gasteiger partial charge in [-0.3, -0.25) is 4.79 Å². The maximum Gasteiger partial charge on any atom is 0.243 e. The number of carbonyl (C=O) groups is 1. The summed E-state index contributed by atoms with van der Waals surface area (Å²) in [7, 11) is -1.47. The molecule has 1 atom stereocenters. The molecule has 0 unspecified atom stereocenters. The van der Waals surface area contributed by atoms with Crippen LogP contribution < -0.4 is 0 Å². The van der Waals surface area contributed by atoms with E-state index in [0.717, 1.165) is 25.8 Å². The molecular weight excluding hydrogens is 372 g/mol. The molecule has 0 saturated carbocycles. The van der Waals surface area contributed by atoms with Crippen molar-refractivity contribution in [1.29, 1.82) is 0 Å². The van der Waals surface area contributed by atoms with Gasteiger partial charge in [-0.1, -0.05) is 42.5 Å². The summed E-state index contributed by atoms with van der Waals surface area (Å²) in [6.07, 6.45) is 2.80. The second-order valence-corrected chi connectivity index (χ2v) is 9.39. The molecule has 28 heavy (non-hydrogen) atoms. The molecule has 0 aliphatic carbocycles. The second-order valence-electron chi connectivity index (χ2n) is 7.46. The number of piperidine rings is 1. The van der Waals surface area contributed by atoms with E-state index < -0.39 is 10.0 Å². The first-order chi connectivity index (χ1) is 13.4. The Morgan fingerprint density at radius 2 is 1.79 bits per heavy atom. The predicted octanol–water partition coefficient (Wildman–Crippen LogP) is 3.22. The van der Waals surface area contributed by atoms with Gasteiger partial charge in [-0.2, -0.15) is 4.31 Å². The van der Waals surface area contributed by atoms with E-state index in [1.165, 1.54) is 24.6 Å². The Balaban J connectivity index is 1.65. The van der Waals surface area contributed by atoms with Crippen molar-refractivity contribution in [3.63, 3.8) is 0 Å². The Bertz CT molecular complexity index is 895. The van der Waals surface area contributed by atoms with Crippen molar-refractivity contribution in [2.75, 3.05) is 26.7 Å². The van der Waals surface area contributed by atoms with Gasteiger partial charge in [-0.15, -0.1) is 0 Å². The van der Waals surface area contributed by atoms with Crippen LogP contribution in [0.4, 0.5) is 0 Å². The third-order valence-electron chi connectivity index (χ3n) is 5.48. The second kappa shape index (κ2) is 8.99. The van der Waals surface area contributed by atoms with Crippen LogP contribution in [0.2, 0.25) is 0 Å². The van der Waals surface area contributed by atoms with Crippen LogP contribution in [0, 0.1) is 0 Å². The predicted molar refractivity (Wildman–Crippen MR) is 111 cm³/mol. The average Bonchev–Trinajstić information content (AvgIpc) is 2.73. The topological polar surface area (TPSA) is 57.7 Å². The number of hydrogen-bond donors (Lipinski definition) is 0. The number of likely N-dealkylation sites (N-methyl/N-ethyl adjacent to an activating group) is 1.